The molecule has 37 heavy (non-hydrogen) atoms. The number of fused-ring (bicyclic) bond motifs is 5. The van der Waals surface area contributed by atoms with Crippen molar-refractivity contribution in [3.05, 3.63) is 94.9 Å². The summed E-state index contributed by atoms with van der Waals surface area (Å²) in [6.45, 7) is 4.20. The lowest BCUT2D eigenvalue weighted by molar-refractivity contribution is -0.120. The van der Waals surface area contributed by atoms with Gasteiger partial charge in [0.1, 0.15) is 5.82 Å². The van der Waals surface area contributed by atoms with Crippen LogP contribution in [0.4, 0.5) is 11.5 Å². The number of benzene rings is 2. The topological polar surface area (TPSA) is 88.9 Å². The molecule has 0 fully saturated rings. The first-order chi connectivity index (χ1) is 17.9. The molecule has 7 heteroatoms. The molecule has 1 unspecified atom stereocenters. The van der Waals surface area contributed by atoms with Gasteiger partial charge in [0.2, 0.25) is 11.8 Å². The highest BCUT2D eigenvalue weighted by Gasteiger charge is 2.51. The number of hydrogen-bond acceptors (Lipinski definition) is 4. The predicted molar refractivity (Wildman–Crippen MR) is 144 cm³/mol. The average molecular weight is 488 g/mol. The number of hydrogen-bond donors (Lipinski definition) is 2. The van der Waals surface area contributed by atoms with Crippen LogP contribution in [0.3, 0.4) is 0 Å². The van der Waals surface area contributed by atoms with Crippen molar-refractivity contribution < 1.29 is 9.59 Å². The zero-order chi connectivity index (χ0) is 25.3. The Labute approximate surface area is 213 Å². The summed E-state index contributed by atoms with van der Waals surface area (Å²) in [6.07, 6.45) is 5.16. The molecule has 1 spiro atoms. The van der Waals surface area contributed by atoms with Crippen molar-refractivity contribution in [2.24, 2.45) is 0 Å². The minimum atomic E-state index is -0.584. The Bertz CT molecular complexity index is 1790. The quantitative estimate of drug-likeness (QED) is 0.379. The molecule has 2 N–H and O–H groups in total. The summed E-state index contributed by atoms with van der Waals surface area (Å²) in [6, 6.07) is 18.4. The van der Waals surface area contributed by atoms with Gasteiger partial charge in [-0.25, -0.2) is 4.98 Å². The third-order valence-corrected chi connectivity index (χ3v) is 7.78. The van der Waals surface area contributed by atoms with Crippen LogP contribution in [-0.2, 0) is 34.4 Å². The standard InChI is InChI=1S/C30H25N5O2/c1-17-15-35(26-7-3-6-24(27(17)26)32-18(2)36)16-22-9-8-19-11-20-13-30(14-21(20)12-25(19)33-22)23-5-4-10-31-28(23)34-29(30)37/h3-12,15H,13-14,16H2,1-2H3,(H,32,36)(H,31,34,37). The minimum Gasteiger partial charge on any atom is -0.341 e. The predicted octanol–water partition coefficient (Wildman–Crippen LogP) is 4.89. The number of nitrogens with one attached hydrogen (secondary N) is 2. The lowest BCUT2D eigenvalue weighted by Crippen LogP contribution is -2.35. The molecule has 0 saturated heterocycles. The molecule has 0 saturated carbocycles. The Morgan fingerprint density at radius 1 is 1.11 bits per heavy atom. The van der Waals surface area contributed by atoms with Crippen LogP contribution in [0.5, 0.6) is 0 Å². The van der Waals surface area contributed by atoms with Gasteiger partial charge in [-0.05, 0) is 72.9 Å². The lowest BCUT2D eigenvalue weighted by atomic mass is 9.79. The fourth-order valence-corrected chi connectivity index (χ4v) is 6.19. The van der Waals surface area contributed by atoms with E-state index in [4.69, 9.17) is 4.98 Å². The van der Waals surface area contributed by atoms with Gasteiger partial charge in [-0.3, -0.25) is 14.6 Å². The van der Waals surface area contributed by atoms with Crippen LogP contribution in [-0.4, -0.2) is 26.3 Å². The number of carbonyl (C=O) groups excluding carboxylic acids is 2. The van der Waals surface area contributed by atoms with E-state index < -0.39 is 5.41 Å². The van der Waals surface area contributed by atoms with Crippen LogP contribution in [0.1, 0.15) is 34.9 Å². The van der Waals surface area contributed by atoms with Crippen molar-refractivity contribution in [1.29, 1.82) is 0 Å². The van der Waals surface area contributed by atoms with Crippen LogP contribution in [0.15, 0.2) is 67.0 Å². The van der Waals surface area contributed by atoms with E-state index in [-0.39, 0.29) is 11.8 Å². The molecule has 182 valence electrons. The first-order valence-corrected chi connectivity index (χ1v) is 12.5. The van der Waals surface area contributed by atoms with Gasteiger partial charge in [0.25, 0.3) is 0 Å². The third kappa shape index (κ3) is 3.27. The molecule has 7 nitrogen and oxygen atoms in total. The molecule has 2 amide bonds. The molecule has 4 heterocycles. The van der Waals surface area contributed by atoms with Gasteiger partial charge in [0.15, 0.2) is 0 Å². The van der Waals surface area contributed by atoms with Crippen molar-refractivity contribution in [3.63, 3.8) is 0 Å². The Balaban J connectivity index is 1.24. The molecule has 2 aromatic carbocycles. The molecule has 3 aromatic heterocycles. The average Bonchev–Trinajstić information content (AvgIpc) is 3.49. The van der Waals surface area contributed by atoms with Gasteiger partial charge in [0.05, 0.1) is 34.4 Å². The second kappa shape index (κ2) is 7.74. The number of anilines is 2. The molecule has 2 aliphatic rings. The van der Waals surface area contributed by atoms with E-state index in [1.54, 1.807) is 6.20 Å². The largest absolute Gasteiger partial charge is 0.341 e. The molecule has 1 aliphatic heterocycles. The van der Waals surface area contributed by atoms with Gasteiger partial charge >= 0.3 is 0 Å². The van der Waals surface area contributed by atoms with E-state index >= 15 is 0 Å². The molecule has 0 radical (unpaired) electrons. The maximum absolute atomic E-state index is 13.1. The van der Waals surface area contributed by atoms with Gasteiger partial charge < -0.3 is 15.2 Å². The van der Waals surface area contributed by atoms with Crippen LogP contribution in [0.25, 0.3) is 21.8 Å². The van der Waals surface area contributed by atoms with Crippen LogP contribution in [0, 0.1) is 6.92 Å². The molecular formula is C30H25N5O2. The monoisotopic (exact) mass is 487 g/mol. The number of amides is 2. The van der Waals surface area contributed by atoms with Crippen LogP contribution >= 0.6 is 0 Å². The molecule has 1 atom stereocenters. The first kappa shape index (κ1) is 21.7. The van der Waals surface area contributed by atoms with Crippen LogP contribution < -0.4 is 10.6 Å². The fraction of sp³-hybridized carbons (Fsp3) is 0.200. The van der Waals surface area contributed by atoms with Gasteiger partial charge in [0, 0.05) is 35.7 Å². The molecule has 5 aromatic rings. The number of rotatable bonds is 3. The van der Waals surface area contributed by atoms with Crippen molar-refractivity contribution in [1.82, 2.24) is 14.5 Å². The van der Waals surface area contributed by atoms with Crippen molar-refractivity contribution in [2.45, 2.75) is 38.6 Å². The molecule has 0 bridgehead atoms. The van der Waals surface area contributed by atoms with E-state index in [0.717, 1.165) is 44.3 Å². The van der Waals surface area contributed by atoms with E-state index in [1.807, 2.05) is 24.3 Å². The second-order valence-electron chi connectivity index (χ2n) is 10.2. The highest BCUT2D eigenvalue weighted by molar-refractivity contribution is 6.06. The fourth-order valence-electron chi connectivity index (χ4n) is 6.19. The summed E-state index contributed by atoms with van der Waals surface area (Å²) in [7, 11) is 0. The summed E-state index contributed by atoms with van der Waals surface area (Å²) in [5, 5.41) is 8.05. The highest BCUT2D eigenvalue weighted by atomic mass is 16.2. The molecule has 7 rings (SSSR count). The summed E-state index contributed by atoms with van der Waals surface area (Å²) >= 11 is 0. The highest BCUT2D eigenvalue weighted by Crippen LogP contribution is 2.47. The maximum Gasteiger partial charge on any atom is 0.237 e. The third-order valence-electron chi connectivity index (χ3n) is 7.78. The van der Waals surface area contributed by atoms with E-state index in [0.29, 0.717) is 25.2 Å². The summed E-state index contributed by atoms with van der Waals surface area (Å²) in [5.41, 5.74) is 7.65. The Hall–Kier alpha value is -4.52. The SMILES string of the molecule is CC(=O)Nc1cccc2c1c(C)cn2Cc1ccc2cc3c(cc2n1)CC1(C3)C(=O)Nc2ncccc21. The van der Waals surface area contributed by atoms with E-state index in [2.05, 4.69) is 63.6 Å². The molecule has 1 aliphatic carbocycles. The van der Waals surface area contributed by atoms with Gasteiger partial charge in [-0.15, -0.1) is 0 Å². The minimum absolute atomic E-state index is 0.0311. The normalized spacial score (nSPS) is 17.8. The van der Waals surface area contributed by atoms with Crippen molar-refractivity contribution in [2.75, 3.05) is 10.6 Å². The number of aryl methyl sites for hydroxylation is 1. The Kier molecular flexibility index (Phi) is 4.55. The zero-order valence-corrected chi connectivity index (χ0v) is 20.6. The Morgan fingerprint density at radius 2 is 1.95 bits per heavy atom. The first-order valence-electron chi connectivity index (χ1n) is 12.5. The van der Waals surface area contributed by atoms with Crippen LogP contribution in [0.2, 0.25) is 0 Å². The second-order valence-corrected chi connectivity index (χ2v) is 10.2. The van der Waals surface area contributed by atoms with Gasteiger partial charge in [-0.2, -0.15) is 0 Å². The Morgan fingerprint density at radius 3 is 2.78 bits per heavy atom. The summed E-state index contributed by atoms with van der Waals surface area (Å²) < 4.78 is 2.18. The molecular weight excluding hydrogens is 462 g/mol. The van der Waals surface area contributed by atoms with E-state index in [9.17, 15) is 9.59 Å². The van der Waals surface area contributed by atoms with E-state index in [1.165, 1.54) is 18.1 Å². The lowest BCUT2D eigenvalue weighted by Gasteiger charge is -2.20. The number of aromatic nitrogens is 3. The zero-order valence-electron chi connectivity index (χ0n) is 20.6. The van der Waals surface area contributed by atoms with Gasteiger partial charge in [-0.1, -0.05) is 18.2 Å². The maximum atomic E-state index is 13.1. The smallest absolute Gasteiger partial charge is 0.237 e. The summed E-state index contributed by atoms with van der Waals surface area (Å²) in [5.74, 6) is 0.629. The number of carbonyl (C=O) groups is 2. The number of pyridine rings is 2. The van der Waals surface area contributed by atoms with Crippen molar-refractivity contribution in [3.8, 4) is 0 Å². The van der Waals surface area contributed by atoms with Crippen molar-refractivity contribution >= 4 is 45.1 Å². The summed E-state index contributed by atoms with van der Waals surface area (Å²) in [4.78, 5) is 34.1. The number of nitrogens with zero attached hydrogens (tertiary/aromatic N) is 3.